The first-order chi connectivity index (χ1) is 13.7. The van der Waals surface area contributed by atoms with Crippen molar-refractivity contribution in [3.63, 3.8) is 0 Å². The van der Waals surface area contributed by atoms with Crippen LogP contribution in [0, 0.1) is 5.92 Å². The largest absolute Gasteiger partial charge is 0.315 e. The van der Waals surface area contributed by atoms with Gasteiger partial charge < -0.3 is 4.90 Å². The number of carbonyl (C=O) groups excluding carboxylic acids is 2. The van der Waals surface area contributed by atoms with Gasteiger partial charge >= 0.3 is 0 Å². The third-order valence-corrected chi connectivity index (χ3v) is 5.28. The van der Waals surface area contributed by atoms with Crippen LogP contribution in [-0.4, -0.2) is 27.3 Å². The Labute approximate surface area is 175 Å². The Morgan fingerprint density at radius 3 is 2.34 bits per heavy atom. The lowest BCUT2D eigenvalue weighted by molar-refractivity contribution is -0.132. The number of allylic oxidation sites excluding steroid dienone is 1. The predicted octanol–water partition coefficient (Wildman–Crippen LogP) is 3.61. The van der Waals surface area contributed by atoms with E-state index in [-0.39, 0.29) is 6.42 Å². The van der Waals surface area contributed by atoms with Gasteiger partial charge in [0.25, 0.3) is 10.0 Å². The molecule has 2 amide bonds. The lowest BCUT2D eigenvalue weighted by Gasteiger charge is -2.22. The first-order valence-corrected chi connectivity index (χ1v) is 10.6. The van der Waals surface area contributed by atoms with Crippen LogP contribution < -0.4 is 9.62 Å². The Kier molecular flexibility index (Phi) is 7.75. The molecule has 8 heteroatoms. The second-order valence-corrected chi connectivity index (χ2v) is 8.18. The minimum Gasteiger partial charge on any atom is -0.315 e. The van der Waals surface area contributed by atoms with Crippen LogP contribution in [0.4, 0.5) is 5.69 Å². The van der Waals surface area contributed by atoms with Gasteiger partial charge in [-0.3, -0.25) is 9.59 Å². The van der Waals surface area contributed by atoms with E-state index in [4.69, 9.17) is 11.6 Å². The molecule has 0 bridgehead atoms. The number of nitrogens with zero attached hydrogens (tertiary/aromatic N) is 1. The van der Waals surface area contributed by atoms with Crippen LogP contribution in [0.25, 0.3) is 6.08 Å². The summed E-state index contributed by atoms with van der Waals surface area (Å²) in [4.78, 5) is 26.6. The number of nitrogens with one attached hydrogen (secondary N) is 1. The molecule has 0 saturated heterocycles. The number of hydrogen-bond donors (Lipinski definition) is 1. The number of benzene rings is 2. The van der Waals surface area contributed by atoms with Crippen molar-refractivity contribution in [2.45, 2.75) is 6.42 Å². The van der Waals surface area contributed by atoms with E-state index in [1.807, 2.05) is 4.72 Å². The summed E-state index contributed by atoms with van der Waals surface area (Å²) >= 11 is 5.85. The summed E-state index contributed by atoms with van der Waals surface area (Å²) in [6.45, 7) is 3.55. The molecule has 0 fully saturated rings. The third kappa shape index (κ3) is 6.58. The number of hydrogen-bond acceptors (Lipinski definition) is 4. The lowest BCUT2D eigenvalue weighted by atomic mass is 10.0. The topological polar surface area (TPSA) is 83.5 Å². The zero-order chi connectivity index (χ0) is 21.4. The molecule has 2 aromatic rings. The Morgan fingerprint density at radius 1 is 1.14 bits per heavy atom. The molecule has 1 unspecified atom stereocenters. The van der Waals surface area contributed by atoms with Gasteiger partial charge in [0, 0.05) is 17.8 Å². The van der Waals surface area contributed by atoms with Gasteiger partial charge in [0.15, 0.2) is 0 Å². The van der Waals surface area contributed by atoms with Crippen molar-refractivity contribution in [2.75, 3.05) is 11.9 Å². The van der Waals surface area contributed by atoms with Gasteiger partial charge in [0.1, 0.15) is 5.92 Å². The molecule has 6 nitrogen and oxygen atoms in total. The minimum absolute atomic E-state index is 0.0134. The van der Waals surface area contributed by atoms with Gasteiger partial charge in [-0.25, -0.2) is 13.1 Å². The van der Waals surface area contributed by atoms with Gasteiger partial charge in [-0.05, 0) is 42.3 Å². The first-order valence-electron chi connectivity index (χ1n) is 8.67. The van der Waals surface area contributed by atoms with E-state index in [1.54, 1.807) is 54.6 Å². The number of halogens is 1. The molecule has 0 radical (unpaired) electrons. The molecule has 2 rings (SSSR count). The van der Waals surface area contributed by atoms with Gasteiger partial charge in [0.2, 0.25) is 11.8 Å². The number of amides is 2. The fraction of sp³-hybridized carbons (Fsp3) is 0.143. The van der Waals surface area contributed by atoms with E-state index in [2.05, 4.69) is 6.58 Å². The zero-order valence-corrected chi connectivity index (χ0v) is 17.4. The molecule has 152 valence electrons. The fourth-order valence-electron chi connectivity index (χ4n) is 2.49. The van der Waals surface area contributed by atoms with Crippen molar-refractivity contribution in [1.29, 1.82) is 0 Å². The molecule has 0 heterocycles. The number of anilines is 1. The standard InChI is InChI=1S/C21H21ClN2O4S/c1-3-7-19(21(26)24(2)18-12-10-17(22)11-13-18)20(25)23-29(27,28)15-14-16-8-5-4-6-9-16/h3-6,8-15,19H,1,7H2,2H3,(H,23,25)/b15-14+. The molecular weight excluding hydrogens is 412 g/mol. The SMILES string of the molecule is C=CCC(C(=O)NS(=O)(=O)/C=C/c1ccccc1)C(=O)N(C)c1ccc(Cl)cc1. The van der Waals surface area contributed by atoms with E-state index in [0.29, 0.717) is 16.3 Å². The Morgan fingerprint density at radius 2 is 1.76 bits per heavy atom. The molecule has 0 spiro atoms. The Balaban J connectivity index is 2.15. The van der Waals surface area contributed by atoms with Crippen molar-refractivity contribution in [2.24, 2.45) is 5.92 Å². The van der Waals surface area contributed by atoms with E-state index in [1.165, 1.54) is 24.1 Å². The maximum atomic E-state index is 12.8. The molecule has 1 atom stereocenters. The van der Waals surface area contributed by atoms with Crippen molar-refractivity contribution >= 4 is 45.2 Å². The van der Waals surface area contributed by atoms with Crippen molar-refractivity contribution in [3.8, 4) is 0 Å². The molecule has 2 aromatic carbocycles. The van der Waals surface area contributed by atoms with Crippen molar-refractivity contribution in [1.82, 2.24) is 4.72 Å². The fourth-order valence-corrected chi connectivity index (χ4v) is 3.44. The van der Waals surface area contributed by atoms with E-state index >= 15 is 0 Å². The second kappa shape index (κ2) is 10.0. The molecule has 0 aliphatic rings. The third-order valence-electron chi connectivity index (χ3n) is 4.04. The number of carbonyl (C=O) groups is 2. The van der Waals surface area contributed by atoms with Gasteiger partial charge in [-0.1, -0.05) is 48.0 Å². The highest BCUT2D eigenvalue weighted by Gasteiger charge is 2.30. The van der Waals surface area contributed by atoms with E-state index < -0.39 is 27.8 Å². The molecule has 29 heavy (non-hydrogen) atoms. The van der Waals surface area contributed by atoms with E-state index in [9.17, 15) is 18.0 Å². The van der Waals surface area contributed by atoms with Crippen molar-refractivity contribution < 1.29 is 18.0 Å². The molecule has 0 aliphatic heterocycles. The van der Waals surface area contributed by atoms with Crippen LogP contribution in [0.3, 0.4) is 0 Å². The predicted molar refractivity (Wildman–Crippen MR) is 116 cm³/mol. The lowest BCUT2D eigenvalue weighted by Crippen LogP contribution is -2.43. The minimum atomic E-state index is -4.07. The van der Waals surface area contributed by atoms with Crippen LogP contribution in [-0.2, 0) is 19.6 Å². The van der Waals surface area contributed by atoms with Gasteiger partial charge in [0.05, 0.1) is 5.41 Å². The summed E-state index contributed by atoms with van der Waals surface area (Å²) in [5.74, 6) is -2.73. The number of rotatable bonds is 8. The molecular formula is C21H21ClN2O4S. The molecule has 1 N–H and O–H groups in total. The summed E-state index contributed by atoms with van der Waals surface area (Å²) in [6.07, 6.45) is 2.74. The van der Waals surface area contributed by atoms with Crippen LogP contribution in [0.2, 0.25) is 5.02 Å². The summed E-state index contributed by atoms with van der Waals surface area (Å²) in [7, 11) is -2.58. The smallest absolute Gasteiger partial charge is 0.257 e. The van der Waals surface area contributed by atoms with Gasteiger partial charge in [-0.15, -0.1) is 6.58 Å². The average Bonchev–Trinajstić information content (AvgIpc) is 2.70. The highest BCUT2D eigenvalue weighted by Crippen LogP contribution is 2.20. The van der Waals surface area contributed by atoms with E-state index in [0.717, 1.165) is 5.41 Å². The quantitative estimate of drug-likeness (QED) is 0.510. The summed E-state index contributed by atoms with van der Waals surface area (Å²) in [6, 6.07) is 15.2. The van der Waals surface area contributed by atoms with Crippen LogP contribution in [0.1, 0.15) is 12.0 Å². The van der Waals surface area contributed by atoms with Crippen LogP contribution in [0.5, 0.6) is 0 Å². The maximum absolute atomic E-state index is 12.8. The highest BCUT2D eigenvalue weighted by molar-refractivity contribution is 7.93. The monoisotopic (exact) mass is 432 g/mol. The number of sulfonamides is 1. The summed E-state index contributed by atoms with van der Waals surface area (Å²) in [5, 5.41) is 1.39. The van der Waals surface area contributed by atoms with Gasteiger partial charge in [-0.2, -0.15) is 0 Å². The normalized spacial score (nSPS) is 12.3. The maximum Gasteiger partial charge on any atom is 0.257 e. The van der Waals surface area contributed by atoms with Crippen LogP contribution in [0.15, 0.2) is 72.7 Å². The summed E-state index contributed by atoms with van der Waals surface area (Å²) in [5.41, 5.74) is 1.18. The first kappa shape index (κ1) is 22.4. The van der Waals surface area contributed by atoms with Crippen molar-refractivity contribution in [3.05, 3.63) is 83.2 Å². The molecule has 0 saturated carbocycles. The van der Waals surface area contributed by atoms with Crippen LogP contribution >= 0.6 is 11.6 Å². The highest BCUT2D eigenvalue weighted by atomic mass is 35.5. The summed E-state index contributed by atoms with van der Waals surface area (Å²) < 4.78 is 26.4. The Hall–Kier alpha value is -2.90. The molecule has 0 aromatic heterocycles. The molecule has 0 aliphatic carbocycles. The average molecular weight is 433 g/mol. The second-order valence-electron chi connectivity index (χ2n) is 6.18. The zero-order valence-electron chi connectivity index (χ0n) is 15.8. The Bertz CT molecular complexity index is 1000.